The van der Waals surface area contributed by atoms with E-state index in [0.717, 1.165) is 19.4 Å². The van der Waals surface area contributed by atoms with Gasteiger partial charge in [-0.1, -0.05) is 6.42 Å². The van der Waals surface area contributed by atoms with Crippen LogP contribution in [0.15, 0.2) is 23.1 Å². The minimum absolute atomic E-state index is 0.128. The average molecular weight is 224 g/mol. The molecule has 1 aliphatic heterocycles. The van der Waals surface area contributed by atoms with Crippen LogP contribution >= 0.6 is 0 Å². The Kier molecular flexibility index (Phi) is 3.72. The van der Waals surface area contributed by atoms with Crippen LogP contribution in [-0.2, 0) is 6.54 Å². The molecule has 0 bridgehead atoms. The van der Waals surface area contributed by atoms with Gasteiger partial charge >= 0.3 is 0 Å². The second-order valence-electron chi connectivity index (χ2n) is 4.31. The van der Waals surface area contributed by atoms with Crippen molar-refractivity contribution in [2.24, 2.45) is 0 Å². The zero-order chi connectivity index (χ0) is 11.4. The van der Waals surface area contributed by atoms with E-state index >= 15 is 0 Å². The maximum Gasteiger partial charge on any atom is 0.250 e. The van der Waals surface area contributed by atoms with E-state index in [1.165, 1.54) is 35.7 Å². The van der Waals surface area contributed by atoms with Gasteiger partial charge in [-0.2, -0.15) is 0 Å². The summed E-state index contributed by atoms with van der Waals surface area (Å²) in [5, 5.41) is 3.41. The molecule has 1 aromatic heterocycles. The lowest BCUT2D eigenvalue weighted by atomic mass is 10.0. The van der Waals surface area contributed by atoms with Crippen LogP contribution in [0, 0.1) is 5.82 Å². The van der Waals surface area contributed by atoms with Crippen LogP contribution in [0.1, 0.15) is 25.7 Å². The molecule has 0 aliphatic carbocycles. The van der Waals surface area contributed by atoms with Crippen molar-refractivity contribution in [2.45, 2.75) is 38.3 Å². The molecule has 2 rings (SSSR count). The molecule has 0 spiro atoms. The third kappa shape index (κ3) is 2.92. The molecular weight excluding hydrogens is 207 g/mol. The first-order chi connectivity index (χ1) is 7.75. The van der Waals surface area contributed by atoms with Crippen molar-refractivity contribution < 1.29 is 4.39 Å². The molecule has 0 aromatic carbocycles. The fourth-order valence-electron chi connectivity index (χ4n) is 2.14. The number of aryl methyl sites for hydroxylation is 1. The minimum Gasteiger partial charge on any atom is -0.314 e. The number of hydrogen-bond donors (Lipinski definition) is 1. The Labute approximate surface area is 94.3 Å². The van der Waals surface area contributed by atoms with Crippen molar-refractivity contribution >= 4 is 0 Å². The summed E-state index contributed by atoms with van der Waals surface area (Å²) >= 11 is 0. The molecule has 1 saturated heterocycles. The smallest absolute Gasteiger partial charge is 0.250 e. The molecule has 0 saturated carbocycles. The van der Waals surface area contributed by atoms with E-state index in [-0.39, 0.29) is 11.4 Å². The quantitative estimate of drug-likeness (QED) is 0.844. The Morgan fingerprint density at radius 2 is 2.31 bits per heavy atom. The molecule has 0 radical (unpaired) electrons. The molecule has 1 unspecified atom stereocenters. The van der Waals surface area contributed by atoms with E-state index in [0.29, 0.717) is 12.6 Å². The zero-order valence-electron chi connectivity index (χ0n) is 9.29. The van der Waals surface area contributed by atoms with Gasteiger partial charge < -0.3 is 9.88 Å². The van der Waals surface area contributed by atoms with Crippen molar-refractivity contribution in [2.75, 3.05) is 6.54 Å². The molecule has 16 heavy (non-hydrogen) atoms. The Morgan fingerprint density at radius 1 is 1.44 bits per heavy atom. The van der Waals surface area contributed by atoms with Gasteiger partial charge in [-0.25, -0.2) is 4.39 Å². The summed E-state index contributed by atoms with van der Waals surface area (Å²) in [4.78, 5) is 11.4. The number of rotatable bonds is 3. The van der Waals surface area contributed by atoms with Gasteiger partial charge in [0.1, 0.15) is 5.82 Å². The zero-order valence-corrected chi connectivity index (χ0v) is 9.29. The number of aromatic nitrogens is 1. The van der Waals surface area contributed by atoms with Crippen LogP contribution in [0.25, 0.3) is 0 Å². The van der Waals surface area contributed by atoms with E-state index in [9.17, 15) is 9.18 Å². The van der Waals surface area contributed by atoms with Gasteiger partial charge in [0.05, 0.1) is 0 Å². The fraction of sp³-hybridized carbons (Fsp3) is 0.583. The highest BCUT2D eigenvalue weighted by atomic mass is 19.1. The number of nitrogens with zero attached hydrogens (tertiary/aromatic N) is 1. The van der Waals surface area contributed by atoms with Crippen LogP contribution in [-0.4, -0.2) is 17.2 Å². The SMILES string of the molecule is O=c1ccc(F)cn1CCC1CCCCN1. The van der Waals surface area contributed by atoms with Gasteiger partial charge in [0.15, 0.2) is 0 Å². The Balaban J connectivity index is 1.93. The van der Waals surface area contributed by atoms with Crippen molar-refractivity contribution in [3.05, 3.63) is 34.5 Å². The summed E-state index contributed by atoms with van der Waals surface area (Å²) < 4.78 is 14.4. The highest BCUT2D eigenvalue weighted by molar-refractivity contribution is 4.96. The molecule has 88 valence electrons. The van der Waals surface area contributed by atoms with Gasteiger partial charge in [-0.3, -0.25) is 4.79 Å². The number of piperidine rings is 1. The minimum atomic E-state index is -0.351. The topological polar surface area (TPSA) is 34.0 Å². The average Bonchev–Trinajstić information content (AvgIpc) is 2.32. The molecule has 1 aliphatic rings. The maximum atomic E-state index is 12.9. The summed E-state index contributed by atoms with van der Waals surface area (Å²) in [6.45, 7) is 1.65. The molecule has 2 heterocycles. The lowest BCUT2D eigenvalue weighted by molar-refractivity contribution is 0.364. The van der Waals surface area contributed by atoms with Crippen LogP contribution in [0.5, 0.6) is 0 Å². The second-order valence-corrected chi connectivity index (χ2v) is 4.31. The van der Waals surface area contributed by atoms with Crippen molar-refractivity contribution in [3.8, 4) is 0 Å². The van der Waals surface area contributed by atoms with Crippen LogP contribution < -0.4 is 10.9 Å². The van der Waals surface area contributed by atoms with E-state index in [4.69, 9.17) is 0 Å². The van der Waals surface area contributed by atoms with Crippen LogP contribution in [0.2, 0.25) is 0 Å². The molecular formula is C12H17FN2O. The van der Waals surface area contributed by atoms with Gasteiger partial charge in [-0.05, 0) is 31.9 Å². The molecule has 1 aromatic rings. The van der Waals surface area contributed by atoms with Crippen LogP contribution in [0.3, 0.4) is 0 Å². The highest BCUT2D eigenvalue weighted by Crippen LogP contribution is 2.10. The molecule has 4 heteroatoms. The summed E-state index contributed by atoms with van der Waals surface area (Å²) in [7, 11) is 0. The normalized spacial score (nSPS) is 20.9. The van der Waals surface area contributed by atoms with E-state index < -0.39 is 0 Å². The van der Waals surface area contributed by atoms with Crippen LogP contribution in [0.4, 0.5) is 4.39 Å². The number of nitrogens with one attached hydrogen (secondary N) is 1. The number of halogens is 1. The van der Waals surface area contributed by atoms with E-state index in [2.05, 4.69) is 5.32 Å². The van der Waals surface area contributed by atoms with Crippen molar-refractivity contribution in [1.29, 1.82) is 0 Å². The predicted octanol–water partition coefficient (Wildman–Crippen LogP) is 1.52. The second kappa shape index (κ2) is 5.25. The monoisotopic (exact) mass is 224 g/mol. The first-order valence-corrected chi connectivity index (χ1v) is 5.85. The lowest BCUT2D eigenvalue weighted by Gasteiger charge is -2.23. The van der Waals surface area contributed by atoms with Gasteiger partial charge in [0, 0.05) is 24.8 Å². The van der Waals surface area contributed by atoms with Crippen molar-refractivity contribution in [1.82, 2.24) is 9.88 Å². The predicted molar refractivity (Wildman–Crippen MR) is 60.9 cm³/mol. The first-order valence-electron chi connectivity index (χ1n) is 5.85. The standard InChI is InChI=1S/C12H17FN2O/c13-10-4-5-12(16)15(9-10)8-6-11-3-1-2-7-14-11/h4-5,9,11,14H,1-3,6-8H2. The Morgan fingerprint density at radius 3 is 3.06 bits per heavy atom. The van der Waals surface area contributed by atoms with Crippen molar-refractivity contribution in [3.63, 3.8) is 0 Å². The third-order valence-corrected chi connectivity index (χ3v) is 3.08. The molecule has 1 fully saturated rings. The molecule has 1 N–H and O–H groups in total. The van der Waals surface area contributed by atoms with E-state index in [1.807, 2.05) is 0 Å². The Bertz CT molecular complexity index is 396. The Hall–Kier alpha value is -1.16. The molecule has 3 nitrogen and oxygen atoms in total. The lowest BCUT2D eigenvalue weighted by Crippen LogP contribution is -2.35. The third-order valence-electron chi connectivity index (χ3n) is 3.08. The van der Waals surface area contributed by atoms with Gasteiger partial charge in [0.2, 0.25) is 0 Å². The maximum absolute atomic E-state index is 12.9. The first kappa shape index (κ1) is 11.3. The van der Waals surface area contributed by atoms with Gasteiger partial charge in [0.25, 0.3) is 5.56 Å². The number of pyridine rings is 1. The highest BCUT2D eigenvalue weighted by Gasteiger charge is 2.12. The summed E-state index contributed by atoms with van der Waals surface area (Å²) in [6, 6.07) is 2.96. The molecule has 0 amide bonds. The summed E-state index contributed by atoms with van der Waals surface area (Å²) in [5.74, 6) is -0.351. The van der Waals surface area contributed by atoms with Gasteiger partial charge in [-0.15, -0.1) is 0 Å². The van der Waals surface area contributed by atoms with E-state index in [1.54, 1.807) is 0 Å². The molecule has 1 atom stereocenters. The summed E-state index contributed by atoms with van der Waals surface area (Å²) in [5.41, 5.74) is -0.128. The summed E-state index contributed by atoms with van der Waals surface area (Å²) in [6.07, 6.45) is 5.81. The largest absolute Gasteiger partial charge is 0.314 e. The number of hydrogen-bond acceptors (Lipinski definition) is 2. The fourth-order valence-corrected chi connectivity index (χ4v) is 2.14.